The molecule has 0 aliphatic heterocycles. The van der Waals surface area contributed by atoms with Gasteiger partial charge in [-0.1, -0.05) is 12.1 Å². The maximum atomic E-state index is 11.9. The molecule has 3 rings (SSSR count). The Morgan fingerprint density at radius 1 is 1.15 bits per heavy atom. The molecule has 138 valence electrons. The Morgan fingerprint density at radius 3 is 2.67 bits per heavy atom. The molecule has 1 aromatic heterocycles. The number of nitrogens with one attached hydrogen (secondary N) is 1. The summed E-state index contributed by atoms with van der Waals surface area (Å²) in [7, 11) is 1.63. The van der Waals surface area contributed by atoms with Crippen LogP contribution < -0.4 is 14.9 Å². The summed E-state index contributed by atoms with van der Waals surface area (Å²) < 4.78 is 13.6. The second-order valence-corrected chi connectivity index (χ2v) is 6.68. The van der Waals surface area contributed by atoms with E-state index in [9.17, 15) is 4.79 Å². The van der Waals surface area contributed by atoms with Crippen LogP contribution in [0.5, 0.6) is 11.5 Å². The van der Waals surface area contributed by atoms with E-state index in [0.717, 1.165) is 20.7 Å². The molecule has 0 saturated heterocycles. The highest BCUT2D eigenvalue weighted by Crippen LogP contribution is 2.19. The van der Waals surface area contributed by atoms with Gasteiger partial charge in [-0.15, -0.1) is 0 Å². The molecule has 0 saturated carbocycles. The fourth-order valence-corrected chi connectivity index (χ4v) is 2.93. The minimum Gasteiger partial charge on any atom is -0.497 e. The molecule has 1 N–H and O–H groups in total. The van der Waals surface area contributed by atoms with Gasteiger partial charge in [0, 0.05) is 11.9 Å². The maximum Gasteiger partial charge on any atom is 0.277 e. The Bertz CT molecular complexity index is 936. The Hall–Kier alpha value is -2.81. The average Bonchev–Trinajstić information content (AvgIpc) is 3.16. The van der Waals surface area contributed by atoms with Gasteiger partial charge in [0.05, 0.1) is 22.6 Å². The van der Waals surface area contributed by atoms with Crippen molar-refractivity contribution in [1.82, 2.24) is 9.99 Å². The van der Waals surface area contributed by atoms with Gasteiger partial charge in [-0.25, -0.2) is 5.43 Å². The zero-order valence-corrected chi connectivity index (χ0v) is 16.8. The van der Waals surface area contributed by atoms with Gasteiger partial charge in [-0.3, -0.25) is 4.79 Å². The number of amides is 1. The van der Waals surface area contributed by atoms with Gasteiger partial charge in [0.2, 0.25) is 0 Å². The second kappa shape index (κ2) is 9.22. The van der Waals surface area contributed by atoms with Gasteiger partial charge in [0.25, 0.3) is 5.91 Å². The largest absolute Gasteiger partial charge is 0.497 e. The monoisotopic (exact) mass is 475 g/mol. The van der Waals surface area contributed by atoms with E-state index < -0.39 is 0 Å². The van der Waals surface area contributed by atoms with Crippen LogP contribution in [0.2, 0.25) is 0 Å². The van der Waals surface area contributed by atoms with Crippen LogP contribution in [0.15, 0.2) is 72.0 Å². The number of hydrogen-bond donors (Lipinski definition) is 1. The summed E-state index contributed by atoms with van der Waals surface area (Å²) in [5, 5.41) is 4.02. The van der Waals surface area contributed by atoms with Crippen molar-refractivity contribution < 1.29 is 14.3 Å². The summed E-state index contributed by atoms with van der Waals surface area (Å²) in [5.41, 5.74) is 4.28. The number of hydrogen-bond acceptors (Lipinski definition) is 4. The Balaban J connectivity index is 1.58. The van der Waals surface area contributed by atoms with Crippen LogP contribution in [0, 0.1) is 3.57 Å². The molecule has 1 heterocycles. The van der Waals surface area contributed by atoms with E-state index in [-0.39, 0.29) is 12.5 Å². The minimum absolute atomic E-state index is 0.100. The Morgan fingerprint density at radius 2 is 1.93 bits per heavy atom. The number of para-hydroxylation sites is 1. The normalized spacial score (nSPS) is 10.7. The molecule has 0 spiro atoms. The summed E-state index contributed by atoms with van der Waals surface area (Å²) in [5.74, 6) is 1.14. The molecule has 7 heteroatoms. The summed E-state index contributed by atoms with van der Waals surface area (Å²) in [6.45, 7) is -0.100. The molecule has 0 fully saturated rings. The quantitative estimate of drug-likeness (QED) is 0.323. The standard InChI is InChI=1S/C20H18IN3O3/c1-26-17-10-8-15(9-11-17)24-12-4-5-16(24)13-22-23-20(25)14-27-19-7-3-2-6-18(19)21/h2-13H,14H2,1H3,(H,23,25)/b22-13+. The molecule has 0 aliphatic carbocycles. The molecule has 0 bridgehead atoms. The number of methoxy groups -OCH3 is 1. The molecule has 0 unspecified atom stereocenters. The van der Waals surface area contributed by atoms with Crippen LogP contribution in [-0.2, 0) is 4.79 Å². The highest BCUT2D eigenvalue weighted by Gasteiger charge is 2.05. The number of nitrogens with zero attached hydrogens (tertiary/aromatic N) is 2. The van der Waals surface area contributed by atoms with Gasteiger partial charge < -0.3 is 14.0 Å². The van der Waals surface area contributed by atoms with Crippen molar-refractivity contribution in [3.8, 4) is 17.2 Å². The van der Waals surface area contributed by atoms with Crippen LogP contribution in [0.25, 0.3) is 5.69 Å². The number of hydrazone groups is 1. The lowest BCUT2D eigenvalue weighted by molar-refractivity contribution is -0.123. The van der Waals surface area contributed by atoms with Gasteiger partial charge in [-0.2, -0.15) is 5.10 Å². The maximum absolute atomic E-state index is 11.9. The van der Waals surface area contributed by atoms with E-state index in [1.165, 1.54) is 0 Å². The number of carbonyl (C=O) groups excluding carboxylic acids is 1. The van der Waals surface area contributed by atoms with Crippen LogP contribution >= 0.6 is 22.6 Å². The van der Waals surface area contributed by atoms with Crippen molar-refractivity contribution in [2.45, 2.75) is 0 Å². The predicted octanol–water partition coefficient (Wildman–Crippen LogP) is 3.62. The molecular weight excluding hydrogens is 457 g/mol. The molecule has 3 aromatic rings. The number of aromatic nitrogens is 1. The van der Waals surface area contributed by atoms with Crippen molar-refractivity contribution >= 4 is 34.7 Å². The molecular formula is C20H18IN3O3. The van der Waals surface area contributed by atoms with Crippen LogP contribution in [0.4, 0.5) is 0 Å². The third kappa shape index (κ3) is 5.10. The lowest BCUT2D eigenvalue weighted by atomic mass is 10.3. The summed E-state index contributed by atoms with van der Waals surface area (Å²) in [6, 6.07) is 19.0. The van der Waals surface area contributed by atoms with Crippen molar-refractivity contribution in [2.75, 3.05) is 13.7 Å². The van der Waals surface area contributed by atoms with Crippen molar-refractivity contribution in [3.63, 3.8) is 0 Å². The molecule has 1 amide bonds. The number of ether oxygens (including phenoxy) is 2. The zero-order chi connectivity index (χ0) is 19.1. The first kappa shape index (κ1) is 19.0. The molecule has 27 heavy (non-hydrogen) atoms. The van der Waals surface area contributed by atoms with E-state index >= 15 is 0 Å². The van der Waals surface area contributed by atoms with Crippen LogP contribution in [-0.4, -0.2) is 30.4 Å². The first-order valence-corrected chi connectivity index (χ1v) is 9.26. The highest BCUT2D eigenvalue weighted by atomic mass is 127. The average molecular weight is 475 g/mol. The lowest BCUT2D eigenvalue weighted by Crippen LogP contribution is -2.24. The molecule has 0 radical (unpaired) electrons. The van der Waals surface area contributed by atoms with Gasteiger partial charge in [-0.05, 0) is 71.1 Å². The Labute approximate surface area is 170 Å². The van der Waals surface area contributed by atoms with E-state index in [0.29, 0.717) is 5.75 Å². The fourth-order valence-electron chi connectivity index (χ4n) is 2.39. The first-order chi connectivity index (χ1) is 13.2. The Kier molecular flexibility index (Phi) is 6.48. The summed E-state index contributed by atoms with van der Waals surface area (Å²) >= 11 is 2.16. The molecule has 2 aromatic carbocycles. The number of carbonyl (C=O) groups is 1. The first-order valence-electron chi connectivity index (χ1n) is 8.18. The van der Waals surface area contributed by atoms with Gasteiger partial charge in [0.15, 0.2) is 6.61 Å². The van der Waals surface area contributed by atoms with E-state index in [1.807, 2.05) is 71.4 Å². The number of rotatable bonds is 7. The minimum atomic E-state index is -0.326. The number of benzene rings is 2. The lowest BCUT2D eigenvalue weighted by Gasteiger charge is -2.08. The predicted molar refractivity (Wildman–Crippen MR) is 113 cm³/mol. The molecule has 0 aliphatic rings. The topological polar surface area (TPSA) is 64.8 Å². The molecule has 6 nitrogen and oxygen atoms in total. The smallest absolute Gasteiger partial charge is 0.277 e. The van der Waals surface area contributed by atoms with Crippen LogP contribution in [0.1, 0.15) is 5.69 Å². The molecule has 0 atom stereocenters. The second-order valence-electron chi connectivity index (χ2n) is 5.51. The summed E-state index contributed by atoms with van der Waals surface area (Å²) in [4.78, 5) is 11.9. The van der Waals surface area contributed by atoms with Crippen molar-refractivity contribution in [1.29, 1.82) is 0 Å². The van der Waals surface area contributed by atoms with E-state index in [4.69, 9.17) is 9.47 Å². The van der Waals surface area contributed by atoms with Crippen molar-refractivity contribution in [3.05, 3.63) is 76.1 Å². The fraction of sp³-hybridized carbons (Fsp3) is 0.100. The highest BCUT2D eigenvalue weighted by molar-refractivity contribution is 14.1. The third-order valence-corrected chi connectivity index (χ3v) is 4.60. The van der Waals surface area contributed by atoms with Gasteiger partial charge >= 0.3 is 0 Å². The van der Waals surface area contributed by atoms with Crippen molar-refractivity contribution in [2.24, 2.45) is 5.10 Å². The van der Waals surface area contributed by atoms with Crippen LogP contribution in [0.3, 0.4) is 0 Å². The van der Waals surface area contributed by atoms with E-state index in [2.05, 4.69) is 33.1 Å². The third-order valence-electron chi connectivity index (χ3n) is 3.71. The van der Waals surface area contributed by atoms with E-state index in [1.54, 1.807) is 13.3 Å². The summed E-state index contributed by atoms with van der Waals surface area (Å²) in [6.07, 6.45) is 3.51. The number of halogens is 1. The van der Waals surface area contributed by atoms with Gasteiger partial charge in [0.1, 0.15) is 11.5 Å². The SMILES string of the molecule is COc1ccc(-n2cccc2/C=N/NC(=O)COc2ccccc2I)cc1. The zero-order valence-electron chi connectivity index (χ0n) is 14.6.